The number of carbonyl (C=O) groups excluding carboxylic acids is 2. The van der Waals surface area contributed by atoms with Crippen molar-refractivity contribution in [3.63, 3.8) is 0 Å². The van der Waals surface area contributed by atoms with Crippen LogP contribution < -0.4 is 4.90 Å². The van der Waals surface area contributed by atoms with Gasteiger partial charge in [-0.05, 0) is 45.0 Å². The number of aromatic nitrogens is 5. The van der Waals surface area contributed by atoms with E-state index in [0.717, 1.165) is 16.3 Å². The van der Waals surface area contributed by atoms with Crippen molar-refractivity contribution in [2.24, 2.45) is 0 Å². The number of rotatable bonds is 2. The molecule has 0 radical (unpaired) electrons. The van der Waals surface area contributed by atoms with Crippen molar-refractivity contribution in [2.75, 3.05) is 4.90 Å². The van der Waals surface area contributed by atoms with Gasteiger partial charge in [0, 0.05) is 22.6 Å². The Labute approximate surface area is 176 Å². The highest BCUT2D eigenvalue weighted by Gasteiger charge is 2.40. The summed E-state index contributed by atoms with van der Waals surface area (Å²) >= 11 is 6.06. The first-order valence-corrected chi connectivity index (χ1v) is 9.58. The minimum absolute atomic E-state index is 0.233. The number of fused-ring (bicyclic) bond motifs is 3. The maximum absolute atomic E-state index is 13.3. The molecular formula is C21H15ClN6O2. The summed E-state index contributed by atoms with van der Waals surface area (Å²) in [6, 6.07) is 8.47. The molecule has 0 atom stereocenters. The average molecular weight is 419 g/mol. The van der Waals surface area contributed by atoms with Crippen LogP contribution in [-0.2, 0) is 0 Å². The van der Waals surface area contributed by atoms with Crippen LogP contribution in [0.5, 0.6) is 0 Å². The lowest BCUT2D eigenvalue weighted by atomic mass is 10.1. The summed E-state index contributed by atoms with van der Waals surface area (Å²) in [6.45, 7) is 5.50. The van der Waals surface area contributed by atoms with E-state index < -0.39 is 11.8 Å². The van der Waals surface area contributed by atoms with E-state index in [0.29, 0.717) is 33.4 Å². The van der Waals surface area contributed by atoms with E-state index in [2.05, 4.69) is 20.1 Å². The lowest BCUT2D eigenvalue weighted by Gasteiger charge is -2.13. The van der Waals surface area contributed by atoms with Gasteiger partial charge in [-0.2, -0.15) is 9.78 Å². The number of carbonyl (C=O) groups is 2. The first-order chi connectivity index (χ1) is 14.3. The SMILES string of the molecule is Cc1cc(C)nc(-n2nc(C)c3c4c(cnc32)C(=O)N(c2cccc(Cl)c2)C4=O)n1. The summed E-state index contributed by atoms with van der Waals surface area (Å²) in [5, 5.41) is 5.46. The summed E-state index contributed by atoms with van der Waals surface area (Å²) in [5.41, 5.74) is 3.48. The molecule has 4 heterocycles. The minimum atomic E-state index is -0.443. The highest BCUT2D eigenvalue weighted by Crippen LogP contribution is 2.34. The molecule has 0 spiro atoms. The number of anilines is 1. The van der Waals surface area contributed by atoms with Gasteiger partial charge in [-0.15, -0.1) is 0 Å². The van der Waals surface area contributed by atoms with Crippen LogP contribution in [0.2, 0.25) is 5.02 Å². The molecule has 0 fully saturated rings. The van der Waals surface area contributed by atoms with Gasteiger partial charge in [0.1, 0.15) is 0 Å². The Morgan fingerprint density at radius 3 is 2.40 bits per heavy atom. The van der Waals surface area contributed by atoms with Gasteiger partial charge in [0.15, 0.2) is 5.65 Å². The molecule has 0 saturated carbocycles. The predicted molar refractivity (Wildman–Crippen MR) is 111 cm³/mol. The van der Waals surface area contributed by atoms with E-state index in [-0.39, 0.29) is 11.1 Å². The van der Waals surface area contributed by atoms with Gasteiger partial charge >= 0.3 is 0 Å². The summed E-state index contributed by atoms with van der Waals surface area (Å²) < 4.78 is 1.50. The molecule has 8 nitrogen and oxygen atoms in total. The van der Waals surface area contributed by atoms with Crippen LogP contribution in [0.4, 0.5) is 5.69 Å². The fraction of sp³-hybridized carbons (Fsp3) is 0.143. The van der Waals surface area contributed by atoms with Gasteiger partial charge in [0.05, 0.1) is 27.9 Å². The van der Waals surface area contributed by atoms with E-state index in [1.807, 2.05) is 19.9 Å². The second kappa shape index (κ2) is 6.43. The van der Waals surface area contributed by atoms with Crippen molar-refractivity contribution in [3.8, 4) is 5.95 Å². The molecule has 30 heavy (non-hydrogen) atoms. The van der Waals surface area contributed by atoms with Crippen LogP contribution in [0.15, 0.2) is 36.5 Å². The van der Waals surface area contributed by atoms with Gasteiger partial charge in [-0.3, -0.25) is 9.59 Å². The van der Waals surface area contributed by atoms with Crippen molar-refractivity contribution in [3.05, 3.63) is 69.8 Å². The van der Waals surface area contributed by atoms with Crippen molar-refractivity contribution in [2.45, 2.75) is 20.8 Å². The minimum Gasteiger partial charge on any atom is -0.268 e. The van der Waals surface area contributed by atoms with Crippen LogP contribution in [-0.4, -0.2) is 36.5 Å². The number of nitrogens with zero attached hydrogens (tertiary/aromatic N) is 6. The van der Waals surface area contributed by atoms with Crippen molar-refractivity contribution in [1.82, 2.24) is 24.7 Å². The van der Waals surface area contributed by atoms with Crippen LogP contribution in [0.1, 0.15) is 37.8 Å². The molecule has 0 N–H and O–H groups in total. The molecule has 2 amide bonds. The largest absolute Gasteiger partial charge is 0.268 e. The normalized spacial score (nSPS) is 13.4. The maximum Gasteiger partial charge on any atom is 0.267 e. The molecular weight excluding hydrogens is 404 g/mol. The molecule has 4 aromatic rings. The molecule has 0 aliphatic carbocycles. The quantitative estimate of drug-likeness (QED) is 0.462. The topological polar surface area (TPSA) is 93.9 Å². The third-order valence-corrected chi connectivity index (χ3v) is 5.18. The number of benzene rings is 1. The molecule has 3 aromatic heterocycles. The Kier molecular flexibility index (Phi) is 3.94. The van der Waals surface area contributed by atoms with E-state index in [1.165, 1.54) is 10.9 Å². The maximum atomic E-state index is 13.3. The standard InChI is InChI=1S/C21H15ClN6O2/c1-10-7-11(2)25-21(24-10)28-18-16(12(3)26-28)17-15(9-23-18)19(29)27(20(17)30)14-6-4-5-13(22)8-14/h4-9H,1-3H3. The monoisotopic (exact) mass is 418 g/mol. The zero-order chi connectivity index (χ0) is 21.2. The highest BCUT2D eigenvalue weighted by molar-refractivity contribution is 6.38. The number of pyridine rings is 1. The Morgan fingerprint density at radius 2 is 1.70 bits per heavy atom. The summed E-state index contributed by atoms with van der Waals surface area (Å²) in [6.07, 6.45) is 1.41. The van der Waals surface area contributed by atoms with Crippen molar-refractivity contribution in [1.29, 1.82) is 0 Å². The first kappa shape index (κ1) is 18.4. The molecule has 0 saturated heterocycles. The van der Waals surface area contributed by atoms with Crippen LogP contribution in [0.25, 0.3) is 17.0 Å². The van der Waals surface area contributed by atoms with E-state index in [1.54, 1.807) is 31.2 Å². The average Bonchev–Trinajstić information content (AvgIpc) is 3.15. The lowest BCUT2D eigenvalue weighted by molar-refractivity contribution is 0.0926. The van der Waals surface area contributed by atoms with E-state index in [9.17, 15) is 9.59 Å². The molecule has 0 bridgehead atoms. The van der Waals surface area contributed by atoms with Gasteiger partial charge in [-0.25, -0.2) is 19.9 Å². The second-order valence-electron chi connectivity index (χ2n) is 7.12. The number of halogens is 1. The lowest BCUT2D eigenvalue weighted by Crippen LogP contribution is -2.29. The highest BCUT2D eigenvalue weighted by atomic mass is 35.5. The molecule has 0 unspecified atom stereocenters. The number of aryl methyl sites for hydroxylation is 3. The number of hydrogen-bond acceptors (Lipinski definition) is 6. The molecule has 9 heteroatoms. The Hall–Kier alpha value is -3.65. The van der Waals surface area contributed by atoms with Gasteiger partial charge in [0.2, 0.25) is 0 Å². The summed E-state index contributed by atoms with van der Waals surface area (Å²) in [5.74, 6) is -0.517. The zero-order valence-electron chi connectivity index (χ0n) is 16.3. The van der Waals surface area contributed by atoms with Gasteiger partial charge < -0.3 is 0 Å². The van der Waals surface area contributed by atoms with Crippen LogP contribution in [0.3, 0.4) is 0 Å². The smallest absolute Gasteiger partial charge is 0.267 e. The van der Waals surface area contributed by atoms with Crippen LogP contribution in [0, 0.1) is 20.8 Å². The molecule has 1 aromatic carbocycles. The third-order valence-electron chi connectivity index (χ3n) is 4.95. The van der Waals surface area contributed by atoms with E-state index in [4.69, 9.17) is 11.6 Å². The number of imide groups is 1. The Balaban J connectivity index is 1.73. The van der Waals surface area contributed by atoms with Crippen molar-refractivity contribution >= 4 is 40.1 Å². The molecule has 1 aliphatic rings. The van der Waals surface area contributed by atoms with Crippen molar-refractivity contribution < 1.29 is 9.59 Å². The Morgan fingerprint density at radius 1 is 0.967 bits per heavy atom. The first-order valence-electron chi connectivity index (χ1n) is 9.20. The van der Waals surface area contributed by atoms with Gasteiger partial charge in [0.25, 0.3) is 17.8 Å². The fourth-order valence-electron chi connectivity index (χ4n) is 3.75. The number of amides is 2. The van der Waals surface area contributed by atoms with Gasteiger partial charge in [-0.1, -0.05) is 17.7 Å². The van der Waals surface area contributed by atoms with E-state index >= 15 is 0 Å². The molecule has 1 aliphatic heterocycles. The molecule has 5 rings (SSSR count). The fourth-order valence-corrected chi connectivity index (χ4v) is 3.94. The van der Waals surface area contributed by atoms with Crippen LogP contribution >= 0.6 is 11.6 Å². The predicted octanol–water partition coefficient (Wildman–Crippen LogP) is 3.59. The molecule has 148 valence electrons. The zero-order valence-corrected chi connectivity index (χ0v) is 17.1. The second-order valence-corrected chi connectivity index (χ2v) is 7.56. The summed E-state index contributed by atoms with van der Waals surface area (Å²) in [4.78, 5) is 40.7. The Bertz CT molecular complexity index is 1370. The summed E-state index contributed by atoms with van der Waals surface area (Å²) in [7, 11) is 0. The number of hydrogen-bond donors (Lipinski definition) is 0. The third kappa shape index (κ3) is 2.61.